The number of amides is 1. The number of nitrogens with zero attached hydrogens (tertiary/aromatic N) is 1. The zero-order valence-electron chi connectivity index (χ0n) is 24.6. The van der Waals surface area contributed by atoms with Crippen molar-refractivity contribution in [3.05, 3.63) is 69.1 Å². The van der Waals surface area contributed by atoms with Gasteiger partial charge in [0.05, 0.1) is 5.39 Å². The van der Waals surface area contributed by atoms with Gasteiger partial charge in [0.25, 0.3) is 5.91 Å². The lowest BCUT2D eigenvalue weighted by Crippen LogP contribution is -2.51. The summed E-state index contributed by atoms with van der Waals surface area (Å²) in [6, 6.07) is 12.4. The molecule has 0 spiro atoms. The van der Waals surface area contributed by atoms with Crippen LogP contribution >= 0.6 is 0 Å². The van der Waals surface area contributed by atoms with Gasteiger partial charge in [-0.1, -0.05) is 36.8 Å². The smallest absolute Gasteiger partial charge is 0.340 e. The first-order valence-corrected chi connectivity index (χ1v) is 15.3. The van der Waals surface area contributed by atoms with Crippen LogP contribution < -0.4 is 20.4 Å². The maximum absolute atomic E-state index is 13.3. The van der Waals surface area contributed by atoms with E-state index in [0.717, 1.165) is 41.3 Å². The molecule has 1 N–H and O–H groups in total. The van der Waals surface area contributed by atoms with Crippen molar-refractivity contribution in [2.75, 3.05) is 26.2 Å². The van der Waals surface area contributed by atoms with E-state index in [9.17, 15) is 9.59 Å². The Morgan fingerprint density at radius 3 is 2.76 bits per heavy atom. The summed E-state index contributed by atoms with van der Waals surface area (Å²) in [5.41, 5.74) is 3.16. The number of piperidine rings is 2. The number of nitrogens with one attached hydrogen (secondary N) is 1. The van der Waals surface area contributed by atoms with E-state index >= 15 is 0 Å². The van der Waals surface area contributed by atoms with Crippen molar-refractivity contribution in [1.82, 2.24) is 10.2 Å². The molecule has 41 heavy (non-hydrogen) atoms. The molecule has 0 unspecified atom stereocenters. The largest absolute Gasteiger partial charge is 0.487 e. The van der Waals surface area contributed by atoms with Crippen LogP contribution in [0.5, 0.6) is 11.5 Å². The summed E-state index contributed by atoms with van der Waals surface area (Å²) < 4.78 is 18.5. The third kappa shape index (κ3) is 5.87. The van der Waals surface area contributed by atoms with Crippen molar-refractivity contribution >= 4 is 16.9 Å². The Balaban J connectivity index is 1.26. The Morgan fingerprint density at radius 1 is 1.12 bits per heavy atom. The summed E-state index contributed by atoms with van der Waals surface area (Å²) in [5, 5.41) is 3.90. The normalized spacial score (nSPS) is 21.9. The van der Waals surface area contributed by atoms with Crippen LogP contribution in [-0.2, 0) is 17.6 Å². The van der Waals surface area contributed by atoms with Gasteiger partial charge < -0.3 is 24.1 Å². The van der Waals surface area contributed by atoms with Gasteiger partial charge in [-0.25, -0.2) is 4.79 Å². The predicted molar refractivity (Wildman–Crippen MR) is 160 cm³/mol. The van der Waals surface area contributed by atoms with Crippen LogP contribution in [0.2, 0.25) is 0 Å². The van der Waals surface area contributed by atoms with Crippen LogP contribution in [-0.4, -0.2) is 48.7 Å². The predicted octanol–water partition coefficient (Wildman–Crippen LogP) is 5.56. The highest BCUT2D eigenvalue weighted by molar-refractivity contribution is 5.92. The minimum atomic E-state index is -0.343. The second kappa shape index (κ2) is 11.5. The summed E-state index contributed by atoms with van der Waals surface area (Å²) >= 11 is 0. The van der Waals surface area contributed by atoms with E-state index < -0.39 is 0 Å². The first kappa shape index (κ1) is 27.8. The van der Waals surface area contributed by atoms with Gasteiger partial charge in [-0.05, 0) is 89.4 Å². The molecule has 2 aromatic carbocycles. The number of rotatable bonds is 7. The highest BCUT2D eigenvalue weighted by atomic mass is 16.5. The highest BCUT2D eigenvalue weighted by Gasteiger charge is 2.34. The molecule has 3 aliphatic heterocycles. The van der Waals surface area contributed by atoms with Crippen LogP contribution in [0.1, 0.15) is 74.6 Å². The zero-order chi connectivity index (χ0) is 28.6. The van der Waals surface area contributed by atoms with Crippen LogP contribution in [0.3, 0.4) is 0 Å². The average Bonchev–Trinajstić information content (AvgIpc) is 2.96. The number of benzene rings is 2. The lowest BCUT2D eigenvalue weighted by Gasteiger charge is -2.44. The summed E-state index contributed by atoms with van der Waals surface area (Å²) in [7, 11) is 0. The van der Waals surface area contributed by atoms with Gasteiger partial charge in [-0.15, -0.1) is 0 Å². The second-order valence-electron chi connectivity index (χ2n) is 12.7. The van der Waals surface area contributed by atoms with Crippen LogP contribution in [0.4, 0.5) is 0 Å². The molecule has 0 radical (unpaired) electrons. The number of hydrogen-bond acceptors (Lipinski definition) is 6. The van der Waals surface area contributed by atoms with Crippen LogP contribution in [0, 0.1) is 12.8 Å². The minimum absolute atomic E-state index is 0.106. The first-order valence-electron chi connectivity index (χ1n) is 15.3. The second-order valence-corrected chi connectivity index (χ2v) is 12.7. The van der Waals surface area contributed by atoms with E-state index in [1.54, 1.807) is 0 Å². The van der Waals surface area contributed by atoms with Crippen LogP contribution in [0.15, 0.2) is 45.6 Å². The molecule has 3 aliphatic rings. The number of hydrogen-bond donors (Lipinski definition) is 1. The number of fused-ring (bicyclic) bond motifs is 4. The van der Waals surface area contributed by atoms with Gasteiger partial charge in [0, 0.05) is 36.2 Å². The third-order valence-electron chi connectivity index (χ3n) is 9.31. The van der Waals surface area contributed by atoms with E-state index in [4.69, 9.17) is 13.9 Å². The topological polar surface area (TPSA) is 81.0 Å². The molecule has 1 aromatic heterocycles. The van der Waals surface area contributed by atoms with E-state index in [-0.39, 0.29) is 23.7 Å². The quantitative estimate of drug-likeness (QED) is 0.383. The number of carbonyl (C=O) groups is 1. The van der Waals surface area contributed by atoms with Gasteiger partial charge in [0.15, 0.2) is 6.61 Å². The van der Waals surface area contributed by atoms with E-state index in [1.165, 1.54) is 38.8 Å². The summed E-state index contributed by atoms with van der Waals surface area (Å²) in [5.74, 6) is 1.52. The third-order valence-corrected chi connectivity index (χ3v) is 9.31. The maximum atomic E-state index is 13.3. The lowest BCUT2D eigenvalue weighted by molar-refractivity contribution is -0.123. The van der Waals surface area contributed by atoms with Crippen molar-refractivity contribution in [3.8, 4) is 11.5 Å². The Kier molecular flexibility index (Phi) is 7.82. The fraction of sp³-hybridized carbons (Fsp3) is 0.529. The molecular weight excluding hydrogens is 516 g/mol. The van der Waals surface area contributed by atoms with E-state index in [1.807, 2.05) is 43.3 Å². The molecule has 6 rings (SSSR count). The fourth-order valence-corrected chi connectivity index (χ4v) is 7.05. The Morgan fingerprint density at radius 2 is 1.93 bits per heavy atom. The first-order chi connectivity index (χ1) is 19.8. The summed E-state index contributed by atoms with van der Waals surface area (Å²) in [4.78, 5) is 28.9. The van der Waals surface area contributed by atoms with Gasteiger partial charge in [-0.2, -0.15) is 0 Å². The zero-order valence-corrected chi connectivity index (χ0v) is 24.6. The lowest BCUT2D eigenvalue weighted by atomic mass is 9.83. The fourth-order valence-electron chi connectivity index (χ4n) is 7.05. The molecule has 0 bridgehead atoms. The molecule has 2 atom stereocenters. The molecule has 7 heteroatoms. The molecule has 0 saturated carbocycles. The Labute approximate surface area is 242 Å². The maximum Gasteiger partial charge on any atom is 0.340 e. The average molecular weight is 559 g/mol. The minimum Gasteiger partial charge on any atom is -0.487 e. The highest BCUT2D eigenvalue weighted by Crippen LogP contribution is 2.43. The standard InChI is InChI=1S/C34H42N2O5/c1-22-26(18-23-10-5-4-6-11-23)33(38)40-32-25-14-15-34(2,3)41-28(25)19-29(31(22)32)39-21-30(37)35-20-24-12-9-17-36-16-8-7-13-27(24)36/h4-6,10-11,19,24,27H,7-9,12-18,20-21H2,1-3H3,(H,35,37)/t24-,27+/m1/s1. The molecular formula is C34H42N2O5. The number of aryl methyl sites for hydroxylation is 2. The van der Waals surface area contributed by atoms with Gasteiger partial charge in [0.1, 0.15) is 22.7 Å². The molecule has 2 fully saturated rings. The molecule has 2 saturated heterocycles. The van der Waals surface area contributed by atoms with E-state index in [0.29, 0.717) is 47.6 Å². The molecule has 0 aliphatic carbocycles. The number of ether oxygens (including phenoxy) is 2. The van der Waals surface area contributed by atoms with Crippen molar-refractivity contribution in [3.63, 3.8) is 0 Å². The molecule has 218 valence electrons. The van der Waals surface area contributed by atoms with Gasteiger partial charge in [0.2, 0.25) is 0 Å². The Hall–Kier alpha value is -3.32. The van der Waals surface area contributed by atoms with Crippen LogP contribution in [0.25, 0.3) is 11.0 Å². The summed E-state index contributed by atoms with van der Waals surface area (Å²) in [6.45, 7) is 9.00. The SMILES string of the molecule is Cc1c(Cc2ccccc2)c(=O)oc2c3c(cc(OCC(=O)NC[C@H]4CCCN5CCCC[C@@H]45)c12)OC(C)(C)CC3. The van der Waals surface area contributed by atoms with E-state index in [2.05, 4.69) is 24.1 Å². The monoisotopic (exact) mass is 558 g/mol. The molecule has 1 amide bonds. The molecule has 4 heterocycles. The van der Waals surface area contributed by atoms with Crippen molar-refractivity contribution in [2.45, 2.75) is 83.8 Å². The Bertz CT molecular complexity index is 1480. The molecule has 7 nitrogen and oxygen atoms in total. The summed E-state index contributed by atoms with van der Waals surface area (Å²) in [6.07, 6.45) is 8.15. The van der Waals surface area contributed by atoms with Crippen molar-refractivity contribution in [1.29, 1.82) is 0 Å². The van der Waals surface area contributed by atoms with Gasteiger partial charge >= 0.3 is 5.63 Å². The van der Waals surface area contributed by atoms with Crippen molar-refractivity contribution < 1.29 is 18.7 Å². The van der Waals surface area contributed by atoms with Gasteiger partial charge in [-0.3, -0.25) is 4.79 Å². The molecule has 3 aromatic rings. The number of carbonyl (C=O) groups excluding carboxylic acids is 1. The van der Waals surface area contributed by atoms with Crippen molar-refractivity contribution in [2.24, 2.45) is 5.92 Å².